The van der Waals surface area contributed by atoms with Gasteiger partial charge >= 0.3 is 0 Å². The molecule has 3 aromatic carbocycles. The molecule has 2 heterocycles. The van der Waals surface area contributed by atoms with Gasteiger partial charge in [0.15, 0.2) is 11.2 Å². The first-order valence-electron chi connectivity index (χ1n) is 12.2. The summed E-state index contributed by atoms with van der Waals surface area (Å²) >= 11 is 1.57. The number of fused-ring (bicyclic) bond motifs is 1. The molecular formula is C29H27FN4O3S. The second-order valence-corrected chi connectivity index (χ2v) is 10.1. The van der Waals surface area contributed by atoms with Gasteiger partial charge in [0, 0.05) is 41.1 Å². The number of aryl methyl sites for hydroxylation is 4. The Balaban J connectivity index is 1.75. The Kier molecular flexibility index (Phi) is 6.94. The number of anilines is 1. The van der Waals surface area contributed by atoms with Crippen molar-refractivity contribution in [2.24, 2.45) is 0 Å². The van der Waals surface area contributed by atoms with E-state index >= 15 is 0 Å². The van der Waals surface area contributed by atoms with Gasteiger partial charge in [-0.25, -0.2) is 4.39 Å². The maximum absolute atomic E-state index is 14.0. The van der Waals surface area contributed by atoms with Crippen LogP contribution in [0.25, 0.3) is 28.0 Å². The number of aromatic nitrogens is 3. The van der Waals surface area contributed by atoms with Gasteiger partial charge in [0.05, 0.1) is 11.2 Å². The number of rotatable bonds is 7. The second-order valence-electron chi connectivity index (χ2n) is 9.07. The van der Waals surface area contributed by atoms with Crippen molar-refractivity contribution in [3.8, 4) is 28.6 Å². The third kappa shape index (κ3) is 4.89. The molecule has 0 bridgehead atoms. The van der Waals surface area contributed by atoms with Crippen LogP contribution in [0.15, 0.2) is 64.0 Å². The van der Waals surface area contributed by atoms with Crippen LogP contribution < -0.4 is 14.9 Å². The molecule has 9 heteroatoms. The monoisotopic (exact) mass is 530 g/mol. The lowest BCUT2D eigenvalue weighted by molar-refractivity contribution is 0.394. The SMILES string of the molecule is CCSNc1ccc(Oc2c(C)cc(F)cc2C)c(-n2cc(C)c(=O)c3ccc(-c4noc(C)n4)cc32)c1. The summed E-state index contributed by atoms with van der Waals surface area (Å²) in [4.78, 5) is 17.5. The minimum Gasteiger partial charge on any atom is -0.455 e. The van der Waals surface area contributed by atoms with E-state index in [0.717, 1.165) is 17.0 Å². The van der Waals surface area contributed by atoms with Crippen molar-refractivity contribution in [1.82, 2.24) is 14.7 Å². The fourth-order valence-corrected chi connectivity index (χ4v) is 4.83. The summed E-state index contributed by atoms with van der Waals surface area (Å²) in [6.07, 6.45) is 1.80. The maximum Gasteiger partial charge on any atom is 0.223 e. The summed E-state index contributed by atoms with van der Waals surface area (Å²) in [5, 5.41) is 4.59. The summed E-state index contributed by atoms with van der Waals surface area (Å²) in [5.41, 5.74) is 4.87. The Morgan fingerprint density at radius 3 is 2.47 bits per heavy atom. The molecule has 1 N–H and O–H groups in total. The summed E-state index contributed by atoms with van der Waals surface area (Å²) in [6, 6.07) is 14.2. The number of benzene rings is 3. The average molecular weight is 531 g/mol. The predicted molar refractivity (Wildman–Crippen MR) is 150 cm³/mol. The zero-order valence-corrected chi connectivity index (χ0v) is 22.6. The van der Waals surface area contributed by atoms with Crippen LogP contribution in [0.4, 0.5) is 10.1 Å². The van der Waals surface area contributed by atoms with Crippen molar-refractivity contribution in [3.05, 3.63) is 93.3 Å². The van der Waals surface area contributed by atoms with Crippen LogP contribution in [0, 0.1) is 33.5 Å². The van der Waals surface area contributed by atoms with Crippen molar-refractivity contribution in [2.75, 3.05) is 10.5 Å². The zero-order chi connectivity index (χ0) is 27.0. The van der Waals surface area contributed by atoms with E-state index in [4.69, 9.17) is 9.26 Å². The van der Waals surface area contributed by atoms with E-state index in [1.165, 1.54) is 12.1 Å². The van der Waals surface area contributed by atoms with Crippen LogP contribution in [0.3, 0.4) is 0 Å². The van der Waals surface area contributed by atoms with Crippen LogP contribution >= 0.6 is 11.9 Å². The smallest absolute Gasteiger partial charge is 0.223 e. The van der Waals surface area contributed by atoms with Crippen molar-refractivity contribution in [3.63, 3.8) is 0 Å². The summed E-state index contributed by atoms with van der Waals surface area (Å²) in [6.45, 7) is 9.22. The molecule has 2 aromatic heterocycles. The van der Waals surface area contributed by atoms with Gasteiger partial charge in [-0.2, -0.15) is 4.98 Å². The van der Waals surface area contributed by atoms with E-state index in [-0.39, 0.29) is 11.2 Å². The lowest BCUT2D eigenvalue weighted by Crippen LogP contribution is -2.12. The fraction of sp³-hybridized carbons (Fsp3) is 0.207. The van der Waals surface area contributed by atoms with E-state index in [1.54, 1.807) is 38.1 Å². The number of ether oxygens (including phenoxy) is 1. The number of hydrogen-bond donors (Lipinski definition) is 1. The Hall–Kier alpha value is -4.11. The molecule has 0 fully saturated rings. The molecule has 5 rings (SSSR count). The number of pyridine rings is 1. The third-order valence-corrected chi connectivity index (χ3v) is 6.83. The van der Waals surface area contributed by atoms with Gasteiger partial charge in [-0.15, -0.1) is 0 Å². The molecule has 0 aliphatic heterocycles. The van der Waals surface area contributed by atoms with Crippen molar-refractivity contribution in [2.45, 2.75) is 34.6 Å². The molecule has 0 saturated carbocycles. The van der Waals surface area contributed by atoms with E-state index in [0.29, 0.717) is 56.5 Å². The predicted octanol–water partition coefficient (Wildman–Crippen LogP) is 7.29. The van der Waals surface area contributed by atoms with Crippen LogP contribution in [-0.4, -0.2) is 20.5 Å². The van der Waals surface area contributed by atoms with E-state index < -0.39 is 0 Å². The molecule has 194 valence electrons. The minimum absolute atomic E-state index is 0.0596. The molecule has 0 saturated heterocycles. The highest BCUT2D eigenvalue weighted by Crippen LogP contribution is 2.36. The van der Waals surface area contributed by atoms with Crippen LogP contribution in [0.2, 0.25) is 0 Å². The van der Waals surface area contributed by atoms with Crippen molar-refractivity contribution in [1.29, 1.82) is 0 Å². The van der Waals surface area contributed by atoms with Gasteiger partial charge in [0.2, 0.25) is 11.7 Å². The Morgan fingerprint density at radius 2 is 1.79 bits per heavy atom. The molecule has 0 spiro atoms. The van der Waals surface area contributed by atoms with Gasteiger partial charge < -0.3 is 18.5 Å². The number of nitrogens with zero attached hydrogens (tertiary/aromatic N) is 3. The molecular weight excluding hydrogens is 503 g/mol. The summed E-state index contributed by atoms with van der Waals surface area (Å²) in [5.74, 6) is 2.60. The number of halogens is 1. The molecule has 0 atom stereocenters. The second kappa shape index (κ2) is 10.3. The zero-order valence-electron chi connectivity index (χ0n) is 21.8. The highest BCUT2D eigenvalue weighted by Gasteiger charge is 2.17. The topological polar surface area (TPSA) is 82.2 Å². The molecule has 0 aliphatic rings. The van der Waals surface area contributed by atoms with Gasteiger partial charge in [0.25, 0.3) is 0 Å². The fourth-order valence-electron chi connectivity index (χ4n) is 4.39. The summed E-state index contributed by atoms with van der Waals surface area (Å²) in [7, 11) is 0. The van der Waals surface area contributed by atoms with Gasteiger partial charge in [-0.3, -0.25) is 4.79 Å². The quantitative estimate of drug-likeness (QED) is 0.221. The number of hydrogen-bond acceptors (Lipinski definition) is 7. The van der Waals surface area contributed by atoms with Crippen LogP contribution in [-0.2, 0) is 0 Å². The van der Waals surface area contributed by atoms with Crippen LogP contribution in [0.5, 0.6) is 11.5 Å². The molecule has 38 heavy (non-hydrogen) atoms. The van der Waals surface area contributed by atoms with E-state index in [9.17, 15) is 9.18 Å². The van der Waals surface area contributed by atoms with Gasteiger partial charge in [0.1, 0.15) is 11.6 Å². The molecule has 0 aliphatic carbocycles. The summed E-state index contributed by atoms with van der Waals surface area (Å²) < 4.78 is 30.9. The molecule has 0 unspecified atom stereocenters. The van der Waals surface area contributed by atoms with Gasteiger partial charge in [-0.1, -0.05) is 30.1 Å². The lowest BCUT2D eigenvalue weighted by atomic mass is 10.1. The first-order chi connectivity index (χ1) is 18.2. The molecule has 7 nitrogen and oxygen atoms in total. The first kappa shape index (κ1) is 25.5. The largest absolute Gasteiger partial charge is 0.455 e. The first-order valence-corrected chi connectivity index (χ1v) is 13.2. The van der Waals surface area contributed by atoms with Crippen molar-refractivity contribution < 1.29 is 13.7 Å². The lowest BCUT2D eigenvalue weighted by Gasteiger charge is -2.20. The highest BCUT2D eigenvalue weighted by atomic mass is 32.2. The normalized spacial score (nSPS) is 11.2. The Labute approximate surface area is 223 Å². The Bertz CT molecular complexity index is 1700. The minimum atomic E-state index is -0.310. The number of nitrogens with one attached hydrogen (secondary N) is 1. The Morgan fingerprint density at radius 1 is 1.03 bits per heavy atom. The van der Waals surface area contributed by atoms with Gasteiger partial charge in [-0.05, 0) is 74.4 Å². The third-order valence-electron chi connectivity index (χ3n) is 6.16. The van der Waals surface area contributed by atoms with Crippen molar-refractivity contribution >= 4 is 28.5 Å². The maximum atomic E-state index is 14.0. The molecule has 0 amide bonds. The highest BCUT2D eigenvalue weighted by molar-refractivity contribution is 8.00. The van der Waals surface area contributed by atoms with E-state index in [1.807, 2.05) is 48.7 Å². The van der Waals surface area contributed by atoms with E-state index in [2.05, 4.69) is 21.8 Å². The average Bonchev–Trinajstić information content (AvgIpc) is 3.33. The van der Waals surface area contributed by atoms with Crippen LogP contribution in [0.1, 0.15) is 29.5 Å². The molecule has 0 radical (unpaired) electrons. The molecule has 5 aromatic rings. The standard InChI is InChI=1S/C29H27FN4O3S/c1-6-38-33-22-8-10-26(36-28-16(2)11-21(30)12-17(28)3)25(14-22)34-15-18(4)27(35)23-9-7-20(13-24(23)34)29-31-19(5)37-32-29/h7-15,33H,6H2,1-5H3.